The number of allylic oxidation sites excluding steroid dienone is 1. The number of rotatable bonds is 10. The Morgan fingerprint density at radius 3 is 2.55 bits per heavy atom. The van der Waals surface area contributed by atoms with Crippen molar-refractivity contribution in [1.29, 1.82) is 0 Å². The lowest BCUT2D eigenvalue weighted by molar-refractivity contribution is 0.426. The Kier molecular flexibility index (Phi) is 9.06. The van der Waals surface area contributed by atoms with Gasteiger partial charge in [0.15, 0.2) is 0 Å². The van der Waals surface area contributed by atoms with Crippen LogP contribution in [0.25, 0.3) is 0 Å². The monoisotopic (exact) mass is 303 g/mol. The maximum atomic E-state index is 9.04. The fourth-order valence-electron chi connectivity index (χ4n) is 1.93. The van der Waals surface area contributed by atoms with Crippen LogP contribution in [0, 0.1) is 0 Å². The zero-order chi connectivity index (χ0) is 16.2. The van der Waals surface area contributed by atoms with E-state index in [4.69, 9.17) is 15.8 Å². The van der Waals surface area contributed by atoms with Crippen LogP contribution < -0.4 is 21.8 Å². The van der Waals surface area contributed by atoms with Crippen molar-refractivity contribution in [2.75, 3.05) is 13.1 Å². The van der Waals surface area contributed by atoms with Crippen LogP contribution in [0.5, 0.6) is 0 Å². The molecule has 0 fully saturated rings. The predicted molar refractivity (Wildman–Crippen MR) is 92.3 cm³/mol. The van der Waals surface area contributed by atoms with Gasteiger partial charge in [-0.3, -0.25) is 0 Å². The molecule has 0 unspecified atom stereocenters. The van der Waals surface area contributed by atoms with Gasteiger partial charge in [0.25, 0.3) is 0 Å². The van der Waals surface area contributed by atoms with E-state index in [1.165, 1.54) is 0 Å². The second kappa shape index (κ2) is 10.9. The van der Waals surface area contributed by atoms with Crippen molar-refractivity contribution in [3.05, 3.63) is 53.9 Å². The molecule has 0 heterocycles. The average Bonchev–Trinajstić information content (AvgIpc) is 2.53. The molecule has 0 atom stereocenters. The highest BCUT2D eigenvalue weighted by molar-refractivity contribution is 6.58. The van der Waals surface area contributed by atoms with Crippen LogP contribution >= 0.6 is 0 Å². The molecule has 0 amide bonds. The van der Waals surface area contributed by atoms with E-state index in [0.29, 0.717) is 18.6 Å². The van der Waals surface area contributed by atoms with E-state index < -0.39 is 7.12 Å². The summed E-state index contributed by atoms with van der Waals surface area (Å²) in [6, 6.07) is 7.16. The summed E-state index contributed by atoms with van der Waals surface area (Å²) >= 11 is 0. The zero-order valence-corrected chi connectivity index (χ0v) is 13.1. The van der Waals surface area contributed by atoms with Gasteiger partial charge in [0.2, 0.25) is 0 Å². The standard InChI is InChI=1S/C16H26BN3O2/c1-2-3-4-5-10-20-16(11-18)13-19-12-14-6-8-15(9-7-14)17(21)22/h3-4,6-9,11,19-22H,2,5,10,12-13,18H2,1H3/b4-3-,16-11-. The minimum Gasteiger partial charge on any atom is -0.423 e. The first-order chi connectivity index (χ1) is 10.7. The minimum absolute atomic E-state index is 0.494. The topological polar surface area (TPSA) is 90.5 Å². The molecule has 1 aromatic rings. The van der Waals surface area contributed by atoms with Crippen LogP contribution in [0.4, 0.5) is 0 Å². The van der Waals surface area contributed by atoms with Gasteiger partial charge in [-0.25, -0.2) is 0 Å². The molecule has 0 aliphatic heterocycles. The highest BCUT2D eigenvalue weighted by Crippen LogP contribution is 1.97. The van der Waals surface area contributed by atoms with Crippen molar-refractivity contribution < 1.29 is 10.0 Å². The van der Waals surface area contributed by atoms with Gasteiger partial charge >= 0.3 is 7.12 Å². The summed E-state index contributed by atoms with van der Waals surface area (Å²) in [5.41, 5.74) is 8.14. The van der Waals surface area contributed by atoms with Crippen molar-refractivity contribution >= 4 is 12.6 Å². The Bertz CT molecular complexity index is 473. The smallest absolute Gasteiger partial charge is 0.423 e. The third-order valence-corrected chi connectivity index (χ3v) is 3.19. The van der Waals surface area contributed by atoms with Crippen LogP contribution in [-0.2, 0) is 6.54 Å². The molecule has 6 N–H and O–H groups in total. The Morgan fingerprint density at radius 2 is 1.95 bits per heavy atom. The van der Waals surface area contributed by atoms with E-state index in [-0.39, 0.29) is 0 Å². The van der Waals surface area contributed by atoms with Crippen molar-refractivity contribution in [1.82, 2.24) is 10.6 Å². The molecule has 120 valence electrons. The maximum absolute atomic E-state index is 9.04. The molecule has 1 aromatic carbocycles. The van der Waals surface area contributed by atoms with E-state index in [0.717, 1.165) is 30.6 Å². The van der Waals surface area contributed by atoms with Crippen molar-refractivity contribution in [2.24, 2.45) is 5.73 Å². The van der Waals surface area contributed by atoms with Gasteiger partial charge in [-0.2, -0.15) is 0 Å². The summed E-state index contributed by atoms with van der Waals surface area (Å²) in [5.74, 6) is 0. The normalized spacial score (nSPS) is 11.9. The van der Waals surface area contributed by atoms with Crippen LogP contribution in [-0.4, -0.2) is 30.3 Å². The van der Waals surface area contributed by atoms with Gasteiger partial charge in [-0.1, -0.05) is 43.3 Å². The summed E-state index contributed by atoms with van der Waals surface area (Å²) in [6.45, 7) is 4.34. The molecule has 0 spiro atoms. The fraction of sp³-hybridized carbons (Fsp3) is 0.375. The van der Waals surface area contributed by atoms with E-state index >= 15 is 0 Å². The Hall–Kier alpha value is -1.76. The van der Waals surface area contributed by atoms with Gasteiger partial charge < -0.3 is 26.4 Å². The highest BCUT2D eigenvalue weighted by atomic mass is 16.4. The Balaban J connectivity index is 2.27. The average molecular weight is 303 g/mol. The molecule has 0 radical (unpaired) electrons. The molecule has 5 nitrogen and oxygen atoms in total. The Morgan fingerprint density at radius 1 is 1.23 bits per heavy atom. The Labute approximate surface area is 133 Å². The van der Waals surface area contributed by atoms with Crippen molar-refractivity contribution in [2.45, 2.75) is 26.3 Å². The summed E-state index contributed by atoms with van der Waals surface area (Å²) in [5, 5.41) is 24.7. The second-order valence-electron chi connectivity index (χ2n) is 5.01. The van der Waals surface area contributed by atoms with E-state index in [1.807, 2.05) is 12.1 Å². The van der Waals surface area contributed by atoms with Gasteiger partial charge in [0.05, 0.1) is 0 Å². The SMILES string of the molecule is CC/C=C\CCN/C(=C\N)CNCc1ccc(B(O)O)cc1. The number of hydrogen-bond donors (Lipinski definition) is 5. The molecule has 0 aliphatic carbocycles. The molecule has 0 aromatic heterocycles. The van der Waals surface area contributed by atoms with Crippen LogP contribution in [0.1, 0.15) is 25.3 Å². The molecule has 6 heteroatoms. The van der Waals surface area contributed by atoms with Gasteiger partial charge in [0, 0.05) is 31.5 Å². The minimum atomic E-state index is -1.42. The lowest BCUT2D eigenvalue weighted by Crippen LogP contribution is -2.30. The third kappa shape index (κ3) is 7.31. The fourth-order valence-corrected chi connectivity index (χ4v) is 1.93. The molecule has 1 rings (SSSR count). The quantitative estimate of drug-likeness (QED) is 0.242. The summed E-state index contributed by atoms with van der Waals surface area (Å²) < 4.78 is 0. The van der Waals surface area contributed by atoms with Gasteiger partial charge in [-0.05, 0) is 23.9 Å². The lowest BCUT2D eigenvalue weighted by atomic mass is 9.80. The highest BCUT2D eigenvalue weighted by Gasteiger charge is 2.09. The molecule has 0 bridgehead atoms. The second-order valence-corrected chi connectivity index (χ2v) is 5.01. The summed E-state index contributed by atoms with van der Waals surface area (Å²) in [4.78, 5) is 0. The molecule has 0 aliphatic rings. The molecule has 0 saturated carbocycles. The first-order valence-corrected chi connectivity index (χ1v) is 7.62. The molecular weight excluding hydrogens is 277 g/mol. The van der Waals surface area contributed by atoms with E-state index in [1.54, 1.807) is 18.3 Å². The molecular formula is C16H26BN3O2. The first kappa shape index (κ1) is 18.3. The van der Waals surface area contributed by atoms with Crippen molar-refractivity contribution in [3.63, 3.8) is 0 Å². The number of nitrogens with two attached hydrogens (primary N) is 1. The maximum Gasteiger partial charge on any atom is 0.488 e. The number of nitrogens with one attached hydrogen (secondary N) is 2. The zero-order valence-electron chi connectivity index (χ0n) is 13.1. The van der Waals surface area contributed by atoms with E-state index in [9.17, 15) is 0 Å². The van der Waals surface area contributed by atoms with E-state index in [2.05, 4.69) is 29.7 Å². The van der Waals surface area contributed by atoms with Gasteiger partial charge in [-0.15, -0.1) is 0 Å². The van der Waals surface area contributed by atoms with Crippen LogP contribution in [0.3, 0.4) is 0 Å². The molecule has 0 saturated heterocycles. The first-order valence-electron chi connectivity index (χ1n) is 7.62. The largest absolute Gasteiger partial charge is 0.488 e. The number of hydrogen-bond acceptors (Lipinski definition) is 5. The van der Waals surface area contributed by atoms with Crippen LogP contribution in [0.2, 0.25) is 0 Å². The third-order valence-electron chi connectivity index (χ3n) is 3.19. The number of benzene rings is 1. The van der Waals surface area contributed by atoms with Crippen molar-refractivity contribution in [3.8, 4) is 0 Å². The predicted octanol–water partition coefficient (Wildman–Crippen LogP) is 0.202. The lowest BCUT2D eigenvalue weighted by Gasteiger charge is -2.11. The summed E-state index contributed by atoms with van der Waals surface area (Å²) in [6.07, 6.45) is 7.94. The van der Waals surface area contributed by atoms with Crippen LogP contribution in [0.15, 0.2) is 48.3 Å². The van der Waals surface area contributed by atoms with Gasteiger partial charge in [0.1, 0.15) is 0 Å². The molecule has 22 heavy (non-hydrogen) atoms. The summed E-state index contributed by atoms with van der Waals surface area (Å²) in [7, 11) is -1.42.